The monoisotopic (exact) mass is 291 g/mol. The summed E-state index contributed by atoms with van der Waals surface area (Å²) in [6.45, 7) is 4.89. The fourth-order valence-corrected chi connectivity index (χ4v) is 2.38. The van der Waals surface area contributed by atoms with Crippen LogP contribution in [0, 0.1) is 0 Å². The van der Waals surface area contributed by atoms with E-state index in [0.717, 1.165) is 51.5 Å². The molecule has 2 rings (SSSR count). The molecular formula is C15H25N5O. The summed E-state index contributed by atoms with van der Waals surface area (Å²) in [7, 11) is 4.08. The van der Waals surface area contributed by atoms with E-state index in [4.69, 9.17) is 0 Å². The Labute approximate surface area is 126 Å². The van der Waals surface area contributed by atoms with Gasteiger partial charge in [-0.1, -0.05) is 6.07 Å². The Kier molecular flexibility index (Phi) is 5.80. The molecule has 2 amide bonds. The van der Waals surface area contributed by atoms with Crippen LogP contribution in [0.3, 0.4) is 0 Å². The lowest BCUT2D eigenvalue weighted by Crippen LogP contribution is -2.52. The average molecular weight is 291 g/mol. The summed E-state index contributed by atoms with van der Waals surface area (Å²) in [6, 6.07) is 5.97. The van der Waals surface area contributed by atoms with Crippen LogP contribution < -0.4 is 10.2 Å². The van der Waals surface area contributed by atoms with Gasteiger partial charge < -0.3 is 20.0 Å². The van der Waals surface area contributed by atoms with Crippen molar-refractivity contribution in [2.75, 3.05) is 58.3 Å². The number of hydrogen-bond acceptors (Lipinski definition) is 4. The van der Waals surface area contributed by atoms with Gasteiger partial charge in [-0.05, 0) is 39.2 Å². The van der Waals surface area contributed by atoms with Crippen molar-refractivity contribution in [2.45, 2.75) is 6.42 Å². The van der Waals surface area contributed by atoms with Crippen molar-refractivity contribution >= 4 is 11.8 Å². The maximum absolute atomic E-state index is 12.1. The first-order chi connectivity index (χ1) is 10.2. The molecule has 1 fully saturated rings. The van der Waals surface area contributed by atoms with Gasteiger partial charge in [0, 0.05) is 38.9 Å². The molecule has 2 heterocycles. The number of nitrogens with one attached hydrogen (secondary N) is 1. The number of anilines is 1. The standard InChI is InChI=1S/C15H25N5O/c1-18(2)9-5-8-17-15(21)20-12-10-19(11-13-20)14-6-3-4-7-16-14/h3-4,6-7H,5,8-13H2,1-2H3,(H,17,21). The zero-order valence-corrected chi connectivity index (χ0v) is 13.0. The minimum absolute atomic E-state index is 0.0504. The van der Waals surface area contributed by atoms with Gasteiger partial charge in [0.2, 0.25) is 0 Å². The number of amides is 2. The molecular weight excluding hydrogens is 266 g/mol. The van der Waals surface area contributed by atoms with Crippen LogP contribution in [0.25, 0.3) is 0 Å². The second kappa shape index (κ2) is 7.83. The maximum Gasteiger partial charge on any atom is 0.317 e. The predicted molar refractivity (Wildman–Crippen MR) is 84.6 cm³/mol. The highest BCUT2D eigenvalue weighted by Gasteiger charge is 2.21. The van der Waals surface area contributed by atoms with E-state index in [-0.39, 0.29) is 6.03 Å². The summed E-state index contributed by atoms with van der Waals surface area (Å²) in [5.41, 5.74) is 0. The van der Waals surface area contributed by atoms with Gasteiger partial charge in [-0.25, -0.2) is 9.78 Å². The highest BCUT2D eigenvalue weighted by atomic mass is 16.2. The van der Waals surface area contributed by atoms with E-state index in [0.29, 0.717) is 0 Å². The molecule has 1 aromatic rings. The fraction of sp³-hybridized carbons (Fsp3) is 0.600. The van der Waals surface area contributed by atoms with Gasteiger partial charge in [0.05, 0.1) is 0 Å². The van der Waals surface area contributed by atoms with E-state index in [1.54, 1.807) is 6.20 Å². The molecule has 1 aliphatic rings. The SMILES string of the molecule is CN(C)CCCNC(=O)N1CCN(c2ccccn2)CC1. The Morgan fingerprint density at radius 3 is 2.67 bits per heavy atom. The van der Waals surface area contributed by atoms with Crippen molar-refractivity contribution in [3.63, 3.8) is 0 Å². The quantitative estimate of drug-likeness (QED) is 0.818. The van der Waals surface area contributed by atoms with Crippen LogP contribution in [0.2, 0.25) is 0 Å². The molecule has 0 unspecified atom stereocenters. The van der Waals surface area contributed by atoms with Crippen molar-refractivity contribution in [1.29, 1.82) is 0 Å². The molecule has 21 heavy (non-hydrogen) atoms. The lowest BCUT2D eigenvalue weighted by molar-refractivity contribution is 0.193. The maximum atomic E-state index is 12.1. The lowest BCUT2D eigenvalue weighted by Gasteiger charge is -2.35. The van der Waals surface area contributed by atoms with Crippen LogP contribution in [0.5, 0.6) is 0 Å². The summed E-state index contributed by atoms with van der Waals surface area (Å²) in [4.78, 5) is 22.6. The Morgan fingerprint density at radius 1 is 1.29 bits per heavy atom. The second-order valence-electron chi connectivity index (χ2n) is 5.55. The van der Waals surface area contributed by atoms with E-state index in [1.165, 1.54) is 0 Å². The van der Waals surface area contributed by atoms with Crippen LogP contribution in [-0.4, -0.2) is 74.2 Å². The molecule has 1 saturated heterocycles. The Balaban J connectivity index is 1.70. The largest absolute Gasteiger partial charge is 0.353 e. The summed E-state index contributed by atoms with van der Waals surface area (Å²) in [6.07, 6.45) is 2.78. The summed E-state index contributed by atoms with van der Waals surface area (Å²) in [5.74, 6) is 0.989. The third-order valence-corrected chi connectivity index (χ3v) is 3.60. The number of aromatic nitrogens is 1. The normalized spacial score (nSPS) is 15.4. The van der Waals surface area contributed by atoms with Gasteiger partial charge >= 0.3 is 6.03 Å². The molecule has 0 radical (unpaired) electrons. The number of urea groups is 1. The fourth-order valence-electron chi connectivity index (χ4n) is 2.38. The van der Waals surface area contributed by atoms with Crippen LogP contribution in [0.1, 0.15) is 6.42 Å². The average Bonchev–Trinajstić information content (AvgIpc) is 2.52. The second-order valence-corrected chi connectivity index (χ2v) is 5.55. The van der Waals surface area contributed by atoms with Gasteiger partial charge in [-0.2, -0.15) is 0 Å². The molecule has 0 saturated carbocycles. The minimum Gasteiger partial charge on any atom is -0.353 e. The summed E-state index contributed by atoms with van der Waals surface area (Å²) in [5, 5.41) is 2.99. The summed E-state index contributed by atoms with van der Waals surface area (Å²) >= 11 is 0. The number of carbonyl (C=O) groups is 1. The molecule has 1 aromatic heterocycles. The van der Waals surface area contributed by atoms with E-state index in [2.05, 4.69) is 20.1 Å². The summed E-state index contributed by atoms with van der Waals surface area (Å²) < 4.78 is 0. The van der Waals surface area contributed by atoms with Gasteiger partial charge in [0.15, 0.2) is 0 Å². The van der Waals surface area contributed by atoms with Crippen LogP contribution in [0.15, 0.2) is 24.4 Å². The van der Waals surface area contributed by atoms with Crippen LogP contribution in [-0.2, 0) is 0 Å². The number of hydrogen-bond donors (Lipinski definition) is 1. The van der Waals surface area contributed by atoms with Crippen molar-refractivity contribution in [2.24, 2.45) is 0 Å². The number of pyridine rings is 1. The number of nitrogens with zero attached hydrogens (tertiary/aromatic N) is 4. The molecule has 0 aliphatic carbocycles. The molecule has 6 heteroatoms. The highest BCUT2D eigenvalue weighted by Crippen LogP contribution is 2.12. The van der Waals surface area contributed by atoms with E-state index in [9.17, 15) is 4.79 Å². The first-order valence-corrected chi connectivity index (χ1v) is 7.50. The molecule has 0 aromatic carbocycles. The smallest absolute Gasteiger partial charge is 0.317 e. The van der Waals surface area contributed by atoms with Crippen molar-refractivity contribution < 1.29 is 4.79 Å². The van der Waals surface area contributed by atoms with Gasteiger partial charge in [-0.15, -0.1) is 0 Å². The lowest BCUT2D eigenvalue weighted by atomic mass is 10.3. The van der Waals surface area contributed by atoms with Crippen molar-refractivity contribution in [1.82, 2.24) is 20.1 Å². The van der Waals surface area contributed by atoms with E-state index >= 15 is 0 Å². The number of rotatable bonds is 5. The molecule has 6 nitrogen and oxygen atoms in total. The predicted octanol–water partition coefficient (Wildman–Crippen LogP) is 0.865. The first kappa shape index (κ1) is 15.6. The van der Waals surface area contributed by atoms with E-state index in [1.807, 2.05) is 37.2 Å². The molecule has 0 atom stereocenters. The first-order valence-electron chi connectivity index (χ1n) is 7.50. The van der Waals surface area contributed by atoms with E-state index < -0.39 is 0 Å². The zero-order valence-electron chi connectivity index (χ0n) is 13.0. The third kappa shape index (κ3) is 4.90. The van der Waals surface area contributed by atoms with Gasteiger partial charge in [0.25, 0.3) is 0 Å². The van der Waals surface area contributed by atoms with Crippen LogP contribution in [0.4, 0.5) is 10.6 Å². The highest BCUT2D eigenvalue weighted by molar-refractivity contribution is 5.74. The molecule has 1 aliphatic heterocycles. The van der Waals surface area contributed by atoms with Crippen LogP contribution >= 0.6 is 0 Å². The number of piperazine rings is 1. The van der Waals surface area contributed by atoms with Gasteiger partial charge in [0.1, 0.15) is 5.82 Å². The molecule has 0 spiro atoms. The third-order valence-electron chi connectivity index (χ3n) is 3.60. The number of carbonyl (C=O) groups excluding carboxylic acids is 1. The van der Waals surface area contributed by atoms with Crippen molar-refractivity contribution in [3.8, 4) is 0 Å². The molecule has 1 N–H and O–H groups in total. The molecule has 116 valence electrons. The Morgan fingerprint density at radius 2 is 2.05 bits per heavy atom. The van der Waals surface area contributed by atoms with Crippen molar-refractivity contribution in [3.05, 3.63) is 24.4 Å². The topological polar surface area (TPSA) is 51.7 Å². The Hall–Kier alpha value is -1.82. The Bertz CT molecular complexity index is 429. The minimum atomic E-state index is 0.0504. The molecule has 0 bridgehead atoms. The van der Waals surface area contributed by atoms with Gasteiger partial charge in [-0.3, -0.25) is 0 Å². The zero-order chi connectivity index (χ0) is 15.1.